The minimum absolute atomic E-state index is 0.607. The average molecular weight is 227 g/mol. The van der Waals surface area contributed by atoms with Gasteiger partial charge >= 0.3 is 0 Å². The number of nitrogens with one attached hydrogen (secondary N) is 1. The van der Waals surface area contributed by atoms with Crippen LogP contribution >= 0.6 is 11.8 Å². The molecule has 0 aliphatic carbocycles. The van der Waals surface area contributed by atoms with Gasteiger partial charge < -0.3 is 5.32 Å². The quantitative estimate of drug-likeness (QED) is 0.756. The first-order valence-corrected chi connectivity index (χ1v) is 6.52. The monoisotopic (exact) mass is 227 g/mol. The summed E-state index contributed by atoms with van der Waals surface area (Å²) < 4.78 is 1.96. The Labute approximate surface area is 96.6 Å². The van der Waals surface area contributed by atoms with E-state index >= 15 is 0 Å². The van der Waals surface area contributed by atoms with Crippen molar-refractivity contribution in [2.24, 2.45) is 7.05 Å². The predicted molar refractivity (Wildman–Crippen MR) is 66.4 cm³/mol. The van der Waals surface area contributed by atoms with Gasteiger partial charge in [-0.3, -0.25) is 4.68 Å². The minimum atomic E-state index is 0.607. The number of rotatable bonds is 6. The summed E-state index contributed by atoms with van der Waals surface area (Å²) in [5.74, 6) is 1.11. The molecule has 0 aliphatic heterocycles. The van der Waals surface area contributed by atoms with E-state index in [1.807, 2.05) is 30.4 Å². The highest BCUT2D eigenvalue weighted by Gasteiger charge is 2.07. The summed E-state index contributed by atoms with van der Waals surface area (Å²) in [6, 6.07) is 2.75. The van der Waals surface area contributed by atoms with Gasteiger partial charge in [-0.1, -0.05) is 13.8 Å². The lowest BCUT2D eigenvalue weighted by Crippen LogP contribution is -2.30. The third kappa shape index (κ3) is 3.87. The summed E-state index contributed by atoms with van der Waals surface area (Å²) in [5.41, 5.74) is 1.09. The van der Waals surface area contributed by atoms with Crippen LogP contribution in [0.5, 0.6) is 0 Å². The van der Waals surface area contributed by atoms with Crippen molar-refractivity contribution < 1.29 is 0 Å². The summed E-state index contributed by atoms with van der Waals surface area (Å²) in [4.78, 5) is 0. The number of hydrogen-bond donors (Lipinski definition) is 1. The summed E-state index contributed by atoms with van der Waals surface area (Å²) >= 11 is 1.88. The lowest BCUT2D eigenvalue weighted by atomic mass is 10.2. The maximum absolute atomic E-state index is 4.34. The van der Waals surface area contributed by atoms with Crippen LogP contribution in [0.25, 0.3) is 0 Å². The van der Waals surface area contributed by atoms with Gasteiger partial charge in [0.15, 0.2) is 0 Å². The Kier molecular flexibility index (Phi) is 5.19. The number of hydrogen-bond acceptors (Lipinski definition) is 3. The zero-order valence-corrected chi connectivity index (χ0v) is 10.9. The number of nitrogens with zero attached hydrogens (tertiary/aromatic N) is 2. The first-order valence-electron chi connectivity index (χ1n) is 5.54. The Morgan fingerprint density at radius 2 is 2.27 bits per heavy atom. The molecule has 1 aromatic rings. The fraction of sp³-hybridized carbons (Fsp3) is 0.727. The third-order valence-electron chi connectivity index (χ3n) is 2.38. The topological polar surface area (TPSA) is 29.9 Å². The van der Waals surface area contributed by atoms with Crippen LogP contribution in [0.4, 0.5) is 0 Å². The molecule has 0 aromatic carbocycles. The van der Waals surface area contributed by atoms with Crippen LogP contribution in [0.2, 0.25) is 0 Å². The molecule has 3 nitrogen and oxygen atoms in total. The van der Waals surface area contributed by atoms with Crippen molar-refractivity contribution in [1.82, 2.24) is 15.1 Å². The molecular formula is C11H21N3S. The van der Waals surface area contributed by atoms with Gasteiger partial charge in [0.25, 0.3) is 0 Å². The molecule has 1 aromatic heterocycles. The summed E-state index contributed by atoms with van der Waals surface area (Å²) in [6.45, 7) is 7.46. The van der Waals surface area contributed by atoms with Gasteiger partial charge in [-0.15, -0.1) is 11.8 Å². The Balaban J connectivity index is 2.44. The normalized spacial score (nSPS) is 13.1. The molecule has 15 heavy (non-hydrogen) atoms. The molecule has 0 saturated heterocycles. The van der Waals surface area contributed by atoms with Crippen LogP contribution in [0.3, 0.4) is 0 Å². The van der Waals surface area contributed by atoms with E-state index in [2.05, 4.69) is 30.3 Å². The fourth-order valence-electron chi connectivity index (χ4n) is 1.52. The smallest absolute Gasteiger partial charge is 0.0939 e. The van der Waals surface area contributed by atoms with Crippen molar-refractivity contribution in [3.63, 3.8) is 0 Å². The highest BCUT2D eigenvalue weighted by atomic mass is 32.2. The van der Waals surface area contributed by atoms with Crippen molar-refractivity contribution >= 4 is 11.8 Å². The number of thioether (sulfide) groups is 1. The molecule has 0 aliphatic rings. The van der Waals surface area contributed by atoms with Crippen LogP contribution in [0.15, 0.2) is 11.1 Å². The van der Waals surface area contributed by atoms with Crippen molar-refractivity contribution in [2.75, 3.05) is 12.3 Å². The van der Waals surface area contributed by atoms with Crippen molar-refractivity contribution in [2.45, 2.75) is 38.3 Å². The maximum atomic E-state index is 4.34. The molecule has 0 saturated carbocycles. The van der Waals surface area contributed by atoms with Gasteiger partial charge in [0.1, 0.15) is 0 Å². The summed E-state index contributed by atoms with van der Waals surface area (Å²) in [7, 11) is 2.00. The van der Waals surface area contributed by atoms with E-state index in [1.165, 1.54) is 11.4 Å². The second kappa shape index (κ2) is 6.18. The molecule has 1 N–H and O–H groups in total. The molecule has 0 bridgehead atoms. The minimum Gasteiger partial charge on any atom is -0.313 e. The Hall–Kier alpha value is -0.480. The highest BCUT2D eigenvalue weighted by molar-refractivity contribution is 7.99. The van der Waals surface area contributed by atoms with Crippen LogP contribution < -0.4 is 5.32 Å². The second-order valence-corrected chi connectivity index (χ2v) is 4.76. The largest absolute Gasteiger partial charge is 0.313 e. The van der Waals surface area contributed by atoms with Gasteiger partial charge in [0.05, 0.1) is 10.7 Å². The molecular weight excluding hydrogens is 206 g/mol. The molecule has 86 valence electrons. The molecule has 4 heteroatoms. The van der Waals surface area contributed by atoms with E-state index in [0.29, 0.717) is 6.04 Å². The Bertz CT molecular complexity index is 296. The van der Waals surface area contributed by atoms with Gasteiger partial charge in [-0.05, 0) is 26.0 Å². The number of aryl methyl sites for hydroxylation is 2. The molecule has 1 atom stereocenters. The van der Waals surface area contributed by atoms with E-state index in [9.17, 15) is 0 Å². The average Bonchev–Trinajstić information content (AvgIpc) is 2.52. The highest BCUT2D eigenvalue weighted by Crippen LogP contribution is 2.19. The molecule has 0 radical (unpaired) electrons. The second-order valence-electron chi connectivity index (χ2n) is 3.72. The van der Waals surface area contributed by atoms with Gasteiger partial charge in [0, 0.05) is 18.8 Å². The van der Waals surface area contributed by atoms with E-state index < -0.39 is 0 Å². The molecule has 0 fully saturated rings. The van der Waals surface area contributed by atoms with Gasteiger partial charge in [-0.2, -0.15) is 5.10 Å². The predicted octanol–water partition coefficient (Wildman–Crippen LogP) is 2.21. The fourth-order valence-corrected chi connectivity index (χ4v) is 2.72. The molecule has 0 amide bonds. The van der Waals surface area contributed by atoms with Crippen molar-refractivity contribution in [1.29, 1.82) is 0 Å². The Morgan fingerprint density at radius 3 is 2.73 bits per heavy atom. The van der Waals surface area contributed by atoms with Crippen LogP contribution in [0, 0.1) is 6.92 Å². The van der Waals surface area contributed by atoms with Crippen LogP contribution in [-0.4, -0.2) is 28.1 Å². The lowest BCUT2D eigenvalue weighted by molar-refractivity contribution is 0.559. The number of aromatic nitrogens is 2. The molecule has 1 heterocycles. The molecule has 1 unspecified atom stereocenters. The first kappa shape index (κ1) is 12.6. The Morgan fingerprint density at radius 1 is 1.53 bits per heavy atom. The lowest BCUT2D eigenvalue weighted by Gasteiger charge is -2.14. The molecule has 0 spiro atoms. The summed E-state index contributed by atoms with van der Waals surface area (Å²) in [5, 5.41) is 9.07. The van der Waals surface area contributed by atoms with E-state index in [-0.39, 0.29) is 0 Å². The zero-order chi connectivity index (χ0) is 11.3. The van der Waals surface area contributed by atoms with Crippen LogP contribution in [0.1, 0.15) is 26.0 Å². The molecule has 1 rings (SSSR count). The van der Waals surface area contributed by atoms with Crippen molar-refractivity contribution in [3.05, 3.63) is 11.8 Å². The van der Waals surface area contributed by atoms with Gasteiger partial charge in [-0.25, -0.2) is 0 Å². The third-order valence-corrected chi connectivity index (χ3v) is 3.62. The SMILES string of the molecule is CCNC(CC)CSc1cc(C)nn1C. The van der Waals surface area contributed by atoms with Gasteiger partial charge in [0.2, 0.25) is 0 Å². The van der Waals surface area contributed by atoms with Crippen molar-refractivity contribution in [3.8, 4) is 0 Å². The first-order chi connectivity index (χ1) is 7.17. The van der Waals surface area contributed by atoms with E-state index in [1.54, 1.807) is 0 Å². The van der Waals surface area contributed by atoms with E-state index in [0.717, 1.165) is 18.0 Å². The zero-order valence-electron chi connectivity index (χ0n) is 10.1. The van der Waals surface area contributed by atoms with E-state index in [4.69, 9.17) is 0 Å². The summed E-state index contributed by atoms with van der Waals surface area (Å²) in [6.07, 6.45) is 1.18. The maximum Gasteiger partial charge on any atom is 0.0939 e. The standard InChI is InChI=1S/C11H21N3S/c1-5-10(12-6-2)8-15-11-7-9(3)13-14(11)4/h7,10,12H,5-6,8H2,1-4H3. The van der Waals surface area contributed by atoms with Crippen LogP contribution in [-0.2, 0) is 7.05 Å².